The van der Waals surface area contributed by atoms with E-state index in [9.17, 15) is 4.79 Å². The molecule has 0 unspecified atom stereocenters. The summed E-state index contributed by atoms with van der Waals surface area (Å²) in [7, 11) is 1.62. The topological polar surface area (TPSA) is 42.1 Å². The van der Waals surface area contributed by atoms with Crippen molar-refractivity contribution in [3.05, 3.63) is 64.4 Å². The zero-order chi connectivity index (χ0) is 14.1. The first-order valence-electron chi connectivity index (χ1n) is 6.47. The number of aromatic amines is 1. The smallest absolute Gasteiger partial charge is 0.256 e. The highest BCUT2D eigenvalue weighted by atomic mass is 16.5. The molecule has 3 heteroatoms. The lowest BCUT2D eigenvalue weighted by Crippen LogP contribution is -2.11. The van der Waals surface area contributed by atoms with E-state index < -0.39 is 0 Å². The second-order valence-corrected chi connectivity index (χ2v) is 4.73. The number of ether oxygens (including phenoxy) is 1. The van der Waals surface area contributed by atoms with Gasteiger partial charge in [0.2, 0.25) is 0 Å². The van der Waals surface area contributed by atoms with Crippen molar-refractivity contribution in [2.45, 2.75) is 6.92 Å². The number of nitrogens with one attached hydrogen (secondary N) is 1. The van der Waals surface area contributed by atoms with Gasteiger partial charge in [-0.3, -0.25) is 4.79 Å². The third-order valence-electron chi connectivity index (χ3n) is 3.54. The van der Waals surface area contributed by atoms with Crippen molar-refractivity contribution in [2.24, 2.45) is 0 Å². The molecule has 0 amide bonds. The largest absolute Gasteiger partial charge is 0.497 e. The van der Waals surface area contributed by atoms with Gasteiger partial charge in [0.05, 0.1) is 18.2 Å². The van der Waals surface area contributed by atoms with Gasteiger partial charge in [-0.2, -0.15) is 0 Å². The Morgan fingerprint density at radius 1 is 1.05 bits per heavy atom. The molecule has 0 radical (unpaired) electrons. The van der Waals surface area contributed by atoms with E-state index in [-0.39, 0.29) is 5.56 Å². The molecular formula is C17H15NO2. The van der Waals surface area contributed by atoms with Crippen molar-refractivity contribution >= 4 is 10.9 Å². The van der Waals surface area contributed by atoms with Crippen LogP contribution in [0.1, 0.15) is 5.56 Å². The molecule has 0 spiro atoms. The predicted octanol–water partition coefficient (Wildman–Crippen LogP) is 3.51. The Balaban J connectivity index is 2.33. The number of benzene rings is 2. The number of methoxy groups -OCH3 is 1. The highest BCUT2D eigenvalue weighted by Gasteiger charge is 2.11. The highest BCUT2D eigenvalue weighted by molar-refractivity contribution is 5.89. The van der Waals surface area contributed by atoms with Gasteiger partial charge in [0.25, 0.3) is 5.56 Å². The van der Waals surface area contributed by atoms with E-state index in [1.807, 2.05) is 55.5 Å². The quantitative estimate of drug-likeness (QED) is 0.770. The van der Waals surface area contributed by atoms with Gasteiger partial charge in [0.1, 0.15) is 5.75 Å². The number of hydrogen-bond donors (Lipinski definition) is 1. The Kier molecular flexibility index (Phi) is 3.03. The lowest BCUT2D eigenvalue weighted by Gasteiger charge is -2.10. The van der Waals surface area contributed by atoms with Crippen LogP contribution in [0.5, 0.6) is 5.75 Å². The summed E-state index contributed by atoms with van der Waals surface area (Å²) in [6, 6.07) is 15.4. The second-order valence-electron chi connectivity index (χ2n) is 4.73. The van der Waals surface area contributed by atoms with Gasteiger partial charge >= 0.3 is 0 Å². The number of aryl methyl sites for hydroxylation is 1. The average Bonchev–Trinajstić information content (AvgIpc) is 2.47. The molecule has 0 fully saturated rings. The van der Waals surface area contributed by atoms with E-state index in [4.69, 9.17) is 4.74 Å². The van der Waals surface area contributed by atoms with E-state index in [0.29, 0.717) is 0 Å². The summed E-state index contributed by atoms with van der Waals surface area (Å²) in [5.74, 6) is 0.736. The zero-order valence-corrected chi connectivity index (χ0v) is 11.4. The SMILES string of the molecule is COc1ccc2c(C)c(-c3ccccc3)c(=O)[nH]c2c1. The lowest BCUT2D eigenvalue weighted by atomic mass is 9.99. The fourth-order valence-corrected chi connectivity index (χ4v) is 2.52. The van der Waals surface area contributed by atoms with Gasteiger partial charge in [0.15, 0.2) is 0 Å². The Morgan fingerprint density at radius 2 is 1.80 bits per heavy atom. The Hall–Kier alpha value is -2.55. The maximum absolute atomic E-state index is 12.4. The van der Waals surface area contributed by atoms with Crippen LogP contribution in [0, 0.1) is 6.92 Å². The van der Waals surface area contributed by atoms with E-state index in [1.165, 1.54) is 0 Å². The molecule has 0 aliphatic heterocycles. The molecule has 2 aromatic carbocycles. The molecule has 0 saturated carbocycles. The van der Waals surface area contributed by atoms with Gasteiger partial charge < -0.3 is 9.72 Å². The van der Waals surface area contributed by atoms with Gasteiger partial charge in [-0.15, -0.1) is 0 Å². The van der Waals surface area contributed by atoms with Crippen LogP contribution in [0.3, 0.4) is 0 Å². The molecule has 1 N–H and O–H groups in total. The maximum Gasteiger partial charge on any atom is 0.256 e. The van der Waals surface area contributed by atoms with Gasteiger partial charge in [0, 0.05) is 11.5 Å². The third-order valence-corrected chi connectivity index (χ3v) is 3.54. The van der Waals surface area contributed by atoms with Crippen LogP contribution in [0.25, 0.3) is 22.0 Å². The van der Waals surface area contributed by atoms with Crippen LogP contribution >= 0.6 is 0 Å². The Morgan fingerprint density at radius 3 is 2.50 bits per heavy atom. The number of rotatable bonds is 2. The summed E-state index contributed by atoms with van der Waals surface area (Å²) in [6.07, 6.45) is 0. The molecule has 0 aliphatic rings. The highest BCUT2D eigenvalue weighted by Crippen LogP contribution is 2.27. The fourth-order valence-electron chi connectivity index (χ4n) is 2.52. The number of H-pyrrole nitrogens is 1. The number of pyridine rings is 1. The summed E-state index contributed by atoms with van der Waals surface area (Å²) in [6.45, 7) is 1.98. The molecule has 1 heterocycles. The standard InChI is InChI=1S/C17H15NO2/c1-11-14-9-8-13(20-2)10-15(14)18-17(19)16(11)12-6-4-3-5-7-12/h3-10H,1-2H3,(H,18,19). The summed E-state index contributed by atoms with van der Waals surface area (Å²) < 4.78 is 5.19. The predicted molar refractivity (Wildman–Crippen MR) is 81.3 cm³/mol. The molecule has 3 aromatic rings. The van der Waals surface area contributed by atoms with Crippen LogP contribution in [0.4, 0.5) is 0 Å². The Bertz CT molecular complexity index is 820. The molecule has 0 aliphatic carbocycles. The monoisotopic (exact) mass is 265 g/mol. The van der Waals surface area contributed by atoms with E-state index >= 15 is 0 Å². The summed E-state index contributed by atoms with van der Waals surface area (Å²) >= 11 is 0. The molecule has 1 aromatic heterocycles. The average molecular weight is 265 g/mol. The van der Waals surface area contributed by atoms with Crippen molar-refractivity contribution in [1.82, 2.24) is 4.98 Å². The Labute approximate surface area is 116 Å². The lowest BCUT2D eigenvalue weighted by molar-refractivity contribution is 0.415. The van der Waals surface area contributed by atoms with Crippen molar-refractivity contribution in [3.8, 4) is 16.9 Å². The second kappa shape index (κ2) is 4.85. The minimum atomic E-state index is -0.0746. The minimum absolute atomic E-state index is 0.0746. The van der Waals surface area contributed by atoms with Crippen LogP contribution in [-0.4, -0.2) is 12.1 Å². The van der Waals surface area contributed by atoms with Crippen LogP contribution in [-0.2, 0) is 0 Å². The molecule has 0 bridgehead atoms. The van der Waals surface area contributed by atoms with Crippen molar-refractivity contribution in [3.63, 3.8) is 0 Å². The van der Waals surface area contributed by atoms with Crippen LogP contribution < -0.4 is 10.3 Å². The van der Waals surface area contributed by atoms with Crippen LogP contribution in [0.2, 0.25) is 0 Å². The molecule has 3 nitrogen and oxygen atoms in total. The summed E-state index contributed by atoms with van der Waals surface area (Å²) in [5, 5.41) is 1.03. The van der Waals surface area contributed by atoms with Gasteiger partial charge in [-0.25, -0.2) is 0 Å². The van der Waals surface area contributed by atoms with E-state index in [2.05, 4.69) is 4.98 Å². The molecule has 3 rings (SSSR count). The summed E-state index contributed by atoms with van der Waals surface area (Å²) in [5.41, 5.74) is 3.37. The third kappa shape index (κ3) is 1.97. The maximum atomic E-state index is 12.4. The molecular weight excluding hydrogens is 250 g/mol. The number of aromatic nitrogens is 1. The van der Waals surface area contributed by atoms with Crippen molar-refractivity contribution in [2.75, 3.05) is 7.11 Å². The fraction of sp³-hybridized carbons (Fsp3) is 0.118. The van der Waals surface area contributed by atoms with Crippen LogP contribution in [0.15, 0.2) is 53.3 Å². The van der Waals surface area contributed by atoms with Crippen molar-refractivity contribution in [1.29, 1.82) is 0 Å². The van der Waals surface area contributed by atoms with E-state index in [1.54, 1.807) is 7.11 Å². The normalized spacial score (nSPS) is 10.7. The number of fused-ring (bicyclic) bond motifs is 1. The molecule has 0 atom stereocenters. The first kappa shape index (κ1) is 12.5. The van der Waals surface area contributed by atoms with Crippen molar-refractivity contribution < 1.29 is 4.74 Å². The molecule has 0 saturated heterocycles. The molecule has 20 heavy (non-hydrogen) atoms. The zero-order valence-electron chi connectivity index (χ0n) is 11.4. The van der Waals surface area contributed by atoms with Gasteiger partial charge in [-0.05, 0) is 30.2 Å². The first-order valence-corrected chi connectivity index (χ1v) is 6.47. The number of hydrogen-bond acceptors (Lipinski definition) is 2. The van der Waals surface area contributed by atoms with Gasteiger partial charge in [-0.1, -0.05) is 30.3 Å². The molecule has 100 valence electrons. The minimum Gasteiger partial charge on any atom is -0.497 e. The van der Waals surface area contributed by atoms with E-state index in [0.717, 1.165) is 33.3 Å². The first-order chi connectivity index (χ1) is 9.70. The summed E-state index contributed by atoms with van der Waals surface area (Å²) in [4.78, 5) is 15.3.